The van der Waals surface area contributed by atoms with Crippen molar-refractivity contribution in [3.63, 3.8) is 0 Å². The summed E-state index contributed by atoms with van der Waals surface area (Å²) in [7, 11) is -3.74. The zero-order chi connectivity index (χ0) is 13.5. The number of amides is 1. The summed E-state index contributed by atoms with van der Waals surface area (Å²) in [6.45, 7) is 4.64. The Labute approximate surface area is 98.9 Å². The molecule has 0 bridgehead atoms. The lowest BCUT2D eigenvalue weighted by Crippen LogP contribution is -2.33. The molecule has 1 amide bonds. The molecule has 0 aliphatic heterocycles. The molecule has 17 heavy (non-hydrogen) atoms. The van der Waals surface area contributed by atoms with Crippen LogP contribution in [-0.2, 0) is 14.1 Å². The van der Waals surface area contributed by atoms with Gasteiger partial charge in [0, 0.05) is 6.16 Å². The molecule has 0 spiro atoms. The molecule has 0 fully saturated rings. The maximum absolute atomic E-state index is 11.6. The van der Waals surface area contributed by atoms with Crippen LogP contribution in [0.1, 0.15) is 13.3 Å². The first-order chi connectivity index (χ1) is 7.79. The van der Waals surface area contributed by atoms with E-state index in [1.165, 1.54) is 13.0 Å². The fourth-order valence-corrected chi connectivity index (χ4v) is 2.10. The molecule has 0 rings (SSSR count). The molecular weight excluding hydrogens is 249 g/mol. The van der Waals surface area contributed by atoms with Gasteiger partial charge in [-0.05, 0) is 6.92 Å². The Morgan fingerprint density at radius 1 is 1.59 bits per heavy atom. The van der Waals surface area contributed by atoms with Crippen LogP contribution in [0.3, 0.4) is 0 Å². The average Bonchev–Trinajstić information content (AvgIpc) is 2.23. The van der Waals surface area contributed by atoms with Crippen LogP contribution in [0, 0.1) is 0 Å². The van der Waals surface area contributed by atoms with Crippen molar-refractivity contribution in [1.82, 2.24) is 5.32 Å². The maximum atomic E-state index is 11.6. The molecule has 0 aliphatic rings. The number of nitrogens with one attached hydrogen (secondary N) is 1. The van der Waals surface area contributed by atoms with E-state index in [9.17, 15) is 19.0 Å². The number of hydrogen-bond acceptors (Lipinski definition) is 4. The minimum absolute atomic E-state index is 0.0105. The van der Waals surface area contributed by atoms with Gasteiger partial charge >= 0.3 is 12.1 Å². The van der Waals surface area contributed by atoms with Crippen molar-refractivity contribution in [2.45, 2.75) is 19.1 Å². The summed E-state index contributed by atoms with van der Waals surface area (Å²) < 4.78 is 16.2. The van der Waals surface area contributed by atoms with Gasteiger partial charge in [-0.3, -0.25) is 9.36 Å². The highest BCUT2D eigenvalue weighted by Crippen LogP contribution is 2.45. The molecule has 98 valence electrons. The van der Waals surface area contributed by atoms with E-state index in [0.717, 1.165) is 0 Å². The molecule has 0 heterocycles. The predicted octanol–water partition coefficient (Wildman–Crippen LogP) is 0.990. The molecule has 0 saturated carbocycles. The molecule has 0 aromatic rings. The number of alkyl carbamates (subject to hydrolysis) is 1. The van der Waals surface area contributed by atoms with E-state index in [-0.39, 0.29) is 6.61 Å². The normalized spacial score (nSPS) is 15.4. The molecule has 0 aliphatic carbocycles. The Balaban J connectivity index is 4.22. The van der Waals surface area contributed by atoms with Crippen LogP contribution in [0.5, 0.6) is 0 Å². The van der Waals surface area contributed by atoms with Crippen LogP contribution in [0.15, 0.2) is 12.7 Å². The van der Waals surface area contributed by atoms with Crippen molar-refractivity contribution in [1.29, 1.82) is 0 Å². The van der Waals surface area contributed by atoms with E-state index < -0.39 is 37.8 Å². The average molecular weight is 265 g/mol. The first-order valence-electron chi connectivity index (χ1n) is 4.87. The summed E-state index contributed by atoms with van der Waals surface area (Å²) >= 11 is 0. The van der Waals surface area contributed by atoms with Crippen molar-refractivity contribution in [2.75, 3.05) is 12.8 Å². The standard InChI is InChI=1S/C9H16NO6P/c1-3-5-16-9(13)10-7(2)17(14,15)6-4-8(11)12/h3,7H,1,4-6H2,2H3,(H,10,13)(H,11,12)(H,14,15). The Hall–Kier alpha value is -1.33. The van der Waals surface area contributed by atoms with Gasteiger partial charge in [0.2, 0.25) is 7.37 Å². The van der Waals surface area contributed by atoms with Crippen molar-refractivity contribution >= 4 is 19.4 Å². The lowest BCUT2D eigenvalue weighted by Gasteiger charge is -2.19. The van der Waals surface area contributed by atoms with Gasteiger partial charge in [0.25, 0.3) is 0 Å². The van der Waals surface area contributed by atoms with Crippen LogP contribution in [0.25, 0.3) is 0 Å². The molecule has 2 unspecified atom stereocenters. The minimum atomic E-state index is -3.74. The van der Waals surface area contributed by atoms with E-state index >= 15 is 0 Å². The van der Waals surface area contributed by atoms with Crippen molar-refractivity contribution in [2.24, 2.45) is 0 Å². The molecule has 0 aromatic carbocycles. The summed E-state index contributed by atoms with van der Waals surface area (Å²) in [5.41, 5.74) is 0. The number of aliphatic carboxylic acids is 1. The number of carboxylic acid groups (broad SMARTS) is 1. The largest absolute Gasteiger partial charge is 0.481 e. The summed E-state index contributed by atoms with van der Waals surface area (Å²) in [4.78, 5) is 30.9. The lowest BCUT2D eigenvalue weighted by atomic mass is 10.5. The fraction of sp³-hybridized carbons (Fsp3) is 0.556. The second-order valence-electron chi connectivity index (χ2n) is 3.33. The minimum Gasteiger partial charge on any atom is -0.481 e. The zero-order valence-electron chi connectivity index (χ0n) is 9.46. The third-order valence-corrected chi connectivity index (χ3v) is 4.11. The fourth-order valence-electron chi connectivity index (χ4n) is 0.897. The van der Waals surface area contributed by atoms with E-state index in [4.69, 9.17) is 5.11 Å². The second kappa shape index (κ2) is 7.09. The van der Waals surface area contributed by atoms with Crippen LogP contribution < -0.4 is 5.32 Å². The molecule has 0 radical (unpaired) electrons. The lowest BCUT2D eigenvalue weighted by molar-refractivity contribution is -0.136. The molecular formula is C9H16NO6P. The molecule has 3 N–H and O–H groups in total. The van der Waals surface area contributed by atoms with Gasteiger partial charge < -0.3 is 20.1 Å². The van der Waals surface area contributed by atoms with Crippen LogP contribution in [-0.4, -0.2) is 40.6 Å². The zero-order valence-corrected chi connectivity index (χ0v) is 10.4. The highest BCUT2D eigenvalue weighted by molar-refractivity contribution is 7.58. The molecule has 2 atom stereocenters. The van der Waals surface area contributed by atoms with Gasteiger partial charge in [-0.2, -0.15) is 0 Å². The van der Waals surface area contributed by atoms with Gasteiger partial charge in [0.15, 0.2) is 0 Å². The first kappa shape index (κ1) is 15.7. The smallest absolute Gasteiger partial charge is 0.408 e. The Morgan fingerprint density at radius 3 is 2.65 bits per heavy atom. The second-order valence-corrected chi connectivity index (χ2v) is 6.06. The van der Waals surface area contributed by atoms with Crippen LogP contribution in [0.4, 0.5) is 4.79 Å². The Kier molecular flexibility index (Phi) is 6.53. The number of carboxylic acids is 1. The highest BCUT2D eigenvalue weighted by atomic mass is 31.2. The summed E-state index contributed by atoms with van der Waals surface area (Å²) in [5, 5.41) is 10.6. The van der Waals surface area contributed by atoms with Crippen LogP contribution in [0.2, 0.25) is 0 Å². The van der Waals surface area contributed by atoms with Crippen molar-refractivity contribution in [3.8, 4) is 0 Å². The third kappa shape index (κ3) is 6.76. The van der Waals surface area contributed by atoms with Crippen molar-refractivity contribution < 1.29 is 28.9 Å². The van der Waals surface area contributed by atoms with Gasteiger partial charge in [0.1, 0.15) is 12.4 Å². The topological polar surface area (TPSA) is 113 Å². The van der Waals surface area contributed by atoms with Crippen LogP contribution >= 0.6 is 7.37 Å². The number of carbonyl (C=O) groups excluding carboxylic acids is 1. The Bertz CT molecular complexity index is 342. The van der Waals surface area contributed by atoms with Gasteiger partial charge in [-0.1, -0.05) is 12.7 Å². The third-order valence-electron chi connectivity index (χ3n) is 1.91. The quantitative estimate of drug-likeness (QED) is 0.467. The van der Waals surface area contributed by atoms with Gasteiger partial charge in [-0.15, -0.1) is 0 Å². The summed E-state index contributed by atoms with van der Waals surface area (Å²) in [5.74, 6) is -2.22. The highest BCUT2D eigenvalue weighted by Gasteiger charge is 2.29. The summed E-state index contributed by atoms with van der Waals surface area (Å²) in [6, 6.07) is 0. The first-order valence-corrected chi connectivity index (χ1v) is 6.78. The molecule has 0 aromatic heterocycles. The monoisotopic (exact) mass is 265 g/mol. The van der Waals surface area contributed by atoms with E-state index in [0.29, 0.717) is 0 Å². The maximum Gasteiger partial charge on any atom is 0.408 e. The molecule has 7 nitrogen and oxygen atoms in total. The SMILES string of the molecule is C=CCOC(=O)NC(C)P(=O)(O)CCC(=O)O. The van der Waals surface area contributed by atoms with E-state index in [1.807, 2.05) is 0 Å². The number of rotatable bonds is 7. The molecule has 0 saturated heterocycles. The number of ether oxygens (including phenoxy) is 1. The number of carbonyl (C=O) groups is 2. The Morgan fingerprint density at radius 2 is 2.18 bits per heavy atom. The van der Waals surface area contributed by atoms with E-state index in [2.05, 4.69) is 16.6 Å². The predicted molar refractivity (Wildman–Crippen MR) is 61.1 cm³/mol. The van der Waals surface area contributed by atoms with Gasteiger partial charge in [0.05, 0.1) is 6.42 Å². The summed E-state index contributed by atoms with van der Waals surface area (Å²) in [6.07, 6.45) is -0.318. The number of hydrogen-bond donors (Lipinski definition) is 3. The molecule has 8 heteroatoms. The van der Waals surface area contributed by atoms with E-state index in [1.54, 1.807) is 0 Å². The van der Waals surface area contributed by atoms with Gasteiger partial charge in [-0.25, -0.2) is 4.79 Å². The van der Waals surface area contributed by atoms with Crippen molar-refractivity contribution in [3.05, 3.63) is 12.7 Å².